The van der Waals surface area contributed by atoms with E-state index in [1.807, 2.05) is 24.3 Å². The quantitative estimate of drug-likeness (QED) is 0.758. The van der Waals surface area contributed by atoms with Crippen LogP contribution in [0, 0.1) is 11.3 Å². The zero-order valence-corrected chi connectivity index (χ0v) is 17.0. The minimum atomic E-state index is 0.611. The fourth-order valence-corrected chi connectivity index (χ4v) is 4.15. The molecule has 2 aromatic carbocycles. The normalized spacial score (nSPS) is 17.7. The molecule has 0 aromatic heterocycles. The molecule has 0 atom stereocenters. The zero-order valence-electron chi connectivity index (χ0n) is 17.0. The Morgan fingerprint density at radius 1 is 0.931 bits per heavy atom. The largest absolute Gasteiger partial charge is 0.310 e. The minimum Gasteiger partial charge on any atom is -0.310 e. The summed E-state index contributed by atoms with van der Waals surface area (Å²) in [7, 11) is 0. The highest BCUT2D eigenvalue weighted by molar-refractivity contribution is 5.64. The summed E-state index contributed by atoms with van der Waals surface area (Å²) in [4.78, 5) is 2.59. The third-order valence-electron chi connectivity index (χ3n) is 5.96. The average molecular weight is 384 g/mol. The first-order valence-electron chi connectivity index (χ1n) is 10.7. The van der Waals surface area contributed by atoms with Gasteiger partial charge in [0.05, 0.1) is 11.6 Å². The van der Waals surface area contributed by atoms with Crippen LogP contribution < -0.4 is 5.32 Å². The number of nitriles is 1. The lowest BCUT2D eigenvalue weighted by atomic mass is 10.0. The van der Waals surface area contributed by atoms with E-state index in [-0.39, 0.29) is 0 Å². The van der Waals surface area contributed by atoms with Crippen molar-refractivity contribution >= 4 is 0 Å². The van der Waals surface area contributed by atoms with Gasteiger partial charge in [0.1, 0.15) is 0 Å². The Morgan fingerprint density at radius 3 is 2.24 bits per heavy atom. The van der Waals surface area contributed by atoms with Crippen molar-refractivity contribution in [1.82, 2.24) is 10.2 Å². The van der Waals surface area contributed by atoms with Crippen molar-refractivity contribution in [2.24, 2.45) is 0 Å². The molecule has 148 valence electrons. The van der Waals surface area contributed by atoms with E-state index in [1.54, 1.807) is 0 Å². The first kappa shape index (κ1) is 19.6. The summed E-state index contributed by atoms with van der Waals surface area (Å²) < 4.78 is 0. The van der Waals surface area contributed by atoms with Crippen molar-refractivity contribution in [3.63, 3.8) is 0 Å². The minimum absolute atomic E-state index is 0.611. The van der Waals surface area contributed by atoms with Gasteiger partial charge in [-0.25, -0.2) is 0 Å². The average Bonchev–Trinajstić information content (AvgIpc) is 2.80. The number of benzene rings is 2. The predicted octanol–water partition coefficient (Wildman–Crippen LogP) is 5.06. The van der Waals surface area contributed by atoms with E-state index in [1.165, 1.54) is 55.5 Å². The molecule has 1 saturated heterocycles. The van der Waals surface area contributed by atoms with Crippen molar-refractivity contribution in [1.29, 1.82) is 5.26 Å². The summed E-state index contributed by atoms with van der Waals surface area (Å²) in [6.45, 7) is 4.40. The van der Waals surface area contributed by atoms with Crippen LogP contribution in [0.2, 0.25) is 0 Å². The van der Waals surface area contributed by atoms with E-state index < -0.39 is 0 Å². The number of hydrogen-bond acceptors (Lipinski definition) is 3. The van der Waals surface area contributed by atoms with Gasteiger partial charge in [0.25, 0.3) is 0 Å². The molecule has 0 amide bonds. The molecule has 1 heterocycles. The Morgan fingerprint density at radius 2 is 1.62 bits per heavy atom. The molecule has 1 N–H and O–H groups in total. The number of piperidine rings is 1. The summed E-state index contributed by atoms with van der Waals surface area (Å²) in [5, 5.41) is 12.7. The smallest absolute Gasteiger partial charge is 0.0991 e. The summed E-state index contributed by atoms with van der Waals surface area (Å²) in [6, 6.07) is 19.3. The van der Waals surface area contributed by atoms with Gasteiger partial charge in [-0.3, -0.25) is 4.90 Å². The first-order valence-corrected chi connectivity index (χ1v) is 10.7. The third kappa shape index (κ3) is 5.44. The summed E-state index contributed by atoms with van der Waals surface area (Å²) in [6.07, 6.45) is 11.8. The van der Waals surface area contributed by atoms with Crippen LogP contribution in [0.5, 0.6) is 0 Å². The van der Waals surface area contributed by atoms with E-state index in [0.717, 1.165) is 18.7 Å². The van der Waals surface area contributed by atoms with Crippen LogP contribution in [0.1, 0.15) is 36.8 Å². The molecular formula is C26H29N3. The second kappa shape index (κ2) is 9.69. The molecule has 29 heavy (non-hydrogen) atoms. The maximum absolute atomic E-state index is 8.93. The van der Waals surface area contributed by atoms with Gasteiger partial charge >= 0.3 is 0 Å². The SMILES string of the molecule is N#Cc1ccc(-c2ccc(CNC3CCN(CC4=CCCC=C4)CC3)cc2)cc1. The van der Waals surface area contributed by atoms with Gasteiger partial charge in [0.15, 0.2) is 0 Å². The molecule has 1 fully saturated rings. The van der Waals surface area contributed by atoms with Crippen molar-refractivity contribution < 1.29 is 0 Å². The lowest BCUT2D eigenvalue weighted by molar-refractivity contribution is 0.212. The Balaban J connectivity index is 1.23. The highest BCUT2D eigenvalue weighted by atomic mass is 15.1. The fourth-order valence-electron chi connectivity index (χ4n) is 4.15. The Kier molecular flexibility index (Phi) is 6.56. The number of hydrogen-bond donors (Lipinski definition) is 1. The van der Waals surface area contributed by atoms with E-state index in [0.29, 0.717) is 11.6 Å². The second-order valence-electron chi connectivity index (χ2n) is 8.08. The van der Waals surface area contributed by atoms with Crippen LogP contribution in [-0.2, 0) is 6.54 Å². The Labute approximate surface area is 174 Å². The van der Waals surface area contributed by atoms with Crippen LogP contribution in [0.3, 0.4) is 0 Å². The maximum Gasteiger partial charge on any atom is 0.0991 e. The van der Waals surface area contributed by atoms with Gasteiger partial charge in [-0.2, -0.15) is 5.26 Å². The molecule has 2 aromatic rings. The molecule has 3 nitrogen and oxygen atoms in total. The van der Waals surface area contributed by atoms with Crippen LogP contribution in [0.4, 0.5) is 0 Å². The lowest BCUT2D eigenvalue weighted by Gasteiger charge is -2.33. The molecule has 3 heteroatoms. The van der Waals surface area contributed by atoms with E-state index >= 15 is 0 Å². The van der Waals surface area contributed by atoms with Crippen molar-refractivity contribution in [2.75, 3.05) is 19.6 Å². The fraction of sp³-hybridized carbons (Fsp3) is 0.346. The number of rotatable bonds is 6. The number of allylic oxidation sites excluding steroid dienone is 2. The van der Waals surface area contributed by atoms with Crippen molar-refractivity contribution in [3.8, 4) is 17.2 Å². The molecule has 0 unspecified atom stereocenters. The highest BCUT2D eigenvalue weighted by Gasteiger charge is 2.19. The monoisotopic (exact) mass is 383 g/mol. The van der Waals surface area contributed by atoms with Crippen molar-refractivity contribution in [2.45, 2.75) is 38.3 Å². The van der Waals surface area contributed by atoms with Crippen LogP contribution >= 0.6 is 0 Å². The van der Waals surface area contributed by atoms with E-state index in [2.05, 4.69) is 58.8 Å². The molecule has 0 saturated carbocycles. The standard InChI is InChI=1S/C26H29N3/c27-18-21-6-10-24(11-7-21)25-12-8-22(9-13-25)19-28-26-14-16-29(17-15-26)20-23-4-2-1-3-5-23/h2,4-13,26,28H,1,3,14-17,19-20H2. The molecule has 0 radical (unpaired) electrons. The van der Waals surface area contributed by atoms with Gasteiger partial charge in [-0.15, -0.1) is 0 Å². The highest BCUT2D eigenvalue weighted by Crippen LogP contribution is 2.21. The molecule has 4 rings (SSSR count). The lowest BCUT2D eigenvalue weighted by Crippen LogP contribution is -2.42. The van der Waals surface area contributed by atoms with Crippen LogP contribution in [-0.4, -0.2) is 30.6 Å². The van der Waals surface area contributed by atoms with Crippen LogP contribution in [0.25, 0.3) is 11.1 Å². The number of nitrogens with one attached hydrogen (secondary N) is 1. The van der Waals surface area contributed by atoms with E-state index in [4.69, 9.17) is 5.26 Å². The number of nitrogens with zero attached hydrogens (tertiary/aromatic N) is 2. The molecular weight excluding hydrogens is 354 g/mol. The molecule has 2 aliphatic rings. The maximum atomic E-state index is 8.93. The number of likely N-dealkylation sites (tertiary alicyclic amines) is 1. The molecule has 1 aliphatic heterocycles. The molecule has 1 aliphatic carbocycles. The topological polar surface area (TPSA) is 39.1 Å². The van der Waals surface area contributed by atoms with E-state index in [9.17, 15) is 0 Å². The zero-order chi connectivity index (χ0) is 19.9. The first-order chi connectivity index (χ1) is 14.3. The predicted molar refractivity (Wildman–Crippen MR) is 119 cm³/mol. The molecule has 0 bridgehead atoms. The summed E-state index contributed by atoms with van der Waals surface area (Å²) in [5.41, 5.74) is 5.86. The van der Waals surface area contributed by atoms with Gasteiger partial charge in [0, 0.05) is 19.1 Å². The van der Waals surface area contributed by atoms with Crippen molar-refractivity contribution in [3.05, 3.63) is 83.5 Å². The van der Waals surface area contributed by atoms with Gasteiger partial charge in [0.2, 0.25) is 0 Å². The Bertz CT molecular complexity index is 892. The third-order valence-corrected chi connectivity index (χ3v) is 5.96. The van der Waals surface area contributed by atoms with Gasteiger partial charge < -0.3 is 5.32 Å². The summed E-state index contributed by atoms with van der Waals surface area (Å²) >= 11 is 0. The second-order valence-corrected chi connectivity index (χ2v) is 8.08. The van der Waals surface area contributed by atoms with Gasteiger partial charge in [-0.1, -0.05) is 54.6 Å². The Hall–Kier alpha value is -2.67. The summed E-state index contributed by atoms with van der Waals surface area (Å²) in [5.74, 6) is 0. The van der Waals surface area contributed by atoms with Crippen LogP contribution in [0.15, 0.2) is 72.3 Å². The molecule has 0 spiro atoms. The van der Waals surface area contributed by atoms with Gasteiger partial charge in [-0.05, 0) is 73.2 Å².